The number of alkyl halides is 4. The van der Waals surface area contributed by atoms with Gasteiger partial charge >= 0.3 is 18.3 Å². The van der Waals surface area contributed by atoms with Gasteiger partial charge in [0.05, 0.1) is 0 Å². The van der Waals surface area contributed by atoms with Crippen LogP contribution in [0.1, 0.15) is 6.92 Å². The summed E-state index contributed by atoms with van der Waals surface area (Å²) in [6.45, 7) is 0.536. The van der Waals surface area contributed by atoms with Gasteiger partial charge in [0.25, 0.3) is 0 Å². The average molecular weight is 174 g/mol. The molecular formula is C5H6F4O2. The highest BCUT2D eigenvalue weighted by atomic mass is 19.3. The van der Waals surface area contributed by atoms with Crippen LogP contribution in [0.2, 0.25) is 0 Å². The minimum atomic E-state index is -4.45. The number of aliphatic carboxylic acids is 1. The Morgan fingerprint density at radius 1 is 1.45 bits per heavy atom. The molecule has 0 fully saturated rings. The standard InChI is InChI=1S/C5H6F4O2/c1-2(3(10)11)5(8,9)4(6)7/h2,4H,1H3,(H,10,11). The molecule has 1 unspecified atom stereocenters. The quantitative estimate of drug-likeness (QED) is 0.660. The van der Waals surface area contributed by atoms with E-state index in [1.807, 2.05) is 0 Å². The van der Waals surface area contributed by atoms with Gasteiger partial charge in [-0.25, -0.2) is 8.78 Å². The normalized spacial score (nSPS) is 15.1. The summed E-state index contributed by atoms with van der Waals surface area (Å²) in [5.41, 5.74) is 0. The van der Waals surface area contributed by atoms with Crippen LogP contribution in [0.3, 0.4) is 0 Å². The molecule has 0 aromatic rings. The van der Waals surface area contributed by atoms with E-state index in [1.165, 1.54) is 0 Å². The molecular weight excluding hydrogens is 168 g/mol. The van der Waals surface area contributed by atoms with Crippen molar-refractivity contribution in [2.24, 2.45) is 5.92 Å². The van der Waals surface area contributed by atoms with E-state index in [4.69, 9.17) is 5.11 Å². The Morgan fingerprint density at radius 2 is 1.82 bits per heavy atom. The number of hydrogen-bond acceptors (Lipinski definition) is 1. The summed E-state index contributed by atoms with van der Waals surface area (Å²) in [6.07, 6.45) is -3.94. The zero-order valence-electron chi connectivity index (χ0n) is 5.52. The van der Waals surface area contributed by atoms with Crippen molar-refractivity contribution in [1.29, 1.82) is 0 Å². The third-order valence-electron chi connectivity index (χ3n) is 1.24. The highest BCUT2D eigenvalue weighted by Gasteiger charge is 2.49. The molecule has 0 heterocycles. The van der Waals surface area contributed by atoms with Crippen molar-refractivity contribution in [3.8, 4) is 0 Å². The van der Waals surface area contributed by atoms with Gasteiger partial charge in [0, 0.05) is 0 Å². The van der Waals surface area contributed by atoms with E-state index in [0.29, 0.717) is 6.92 Å². The van der Waals surface area contributed by atoms with E-state index in [2.05, 4.69) is 0 Å². The molecule has 11 heavy (non-hydrogen) atoms. The summed E-state index contributed by atoms with van der Waals surface area (Å²) in [5.74, 6) is -8.75. The van der Waals surface area contributed by atoms with Crippen LogP contribution in [-0.2, 0) is 4.79 Å². The third kappa shape index (κ3) is 2.06. The van der Waals surface area contributed by atoms with Crippen LogP contribution in [0, 0.1) is 5.92 Å². The lowest BCUT2D eigenvalue weighted by atomic mass is 10.1. The van der Waals surface area contributed by atoms with Crippen molar-refractivity contribution in [3.05, 3.63) is 0 Å². The fourth-order valence-corrected chi connectivity index (χ4v) is 0.354. The van der Waals surface area contributed by atoms with Gasteiger partial charge in [0.2, 0.25) is 0 Å². The summed E-state index contributed by atoms with van der Waals surface area (Å²) in [4.78, 5) is 9.84. The van der Waals surface area contributed by atoms with Gasteiger partial charge in [-0.05, 0) is 6.92 Å². The van der Waals surface area contributed by atoms with E-state index in [0.717, 1.165) is 0 Å². The van der Waals surface area contributed by atoms with Crippen molar-refractivity contribution in [2.75, 3.05) is 0 Å². The number of carboxylic acids is 1. The molecule has 0 aromatic carbocycles. The molecule has 0 aromatic heterocycles. The second-order valence-corrected chi connectivity index (χ2v) is 2.04. The molecule has 0 aliphatic carbocycles. The monoisotopic (exact) mass is 174 g/mol. The van der Waals surface area contributed by atoms with Crippen molar-refractivity contribution in [3.63, 3.8) is 0 Å². The van der Waals surface area contributed by atoms with Gasteiger partial charge in [-0.2, -0.15) is 8.78 Å². The number of halogens is 4. The van der Waals surface area contributed by atoms with Gasteiger partial charge in [0.1, 0.15) is 5.92 Å². The first-order chi connectivity index (χ1) is 4.80. The van der Waals surface area contributed by atoms with E-state index < -0.39 is 24.2 Å². The minimum absolute atomic E-state index is 0.536. The first-order valence-electron chi connectivity index (χ1n) is 2.69. The molecule has 0 aliphatic rings. The lowest BCUT2D eigenvalue weighted by molar-refractivity contribution is -0.183. The largest absolute Gasteiger partial charge is 0.481 e. The van der Waals surface area contributed by atoms with Crippen LogP contribution in [0.15, 0.2) is 0 Å². The summed E-state index contributed by atoms with van der Waals surface area (Å²) in [6, 6.07) is 0. The highest BCUT2D eigenvalue weighted by molar-refractivity contribution is 5.70. The highest BCUT2D eigenvalue weighted by Crippen LogP contribution is 2.31. The molecule has 1 N–H and O–H groups in total. The molecule has 0 spiro atoms. The molecule has 1 atom stereocenters. The molecule has 0 amide bonds. The van der Waals surface area contributed by atoms with Crippen LogP contribution in [0.5, 0.6) is 0 Å². The summed E-state index contributed by atoms with van der Waals surface area (Å²) in [5, 5.41) is 7.95. The van der Waals surface area contributed by atoms with Crippen LogP contribution >= 0.6 is 0 Å². The fourth-order valence-electron chi connectivity index (χ4n) is 0.354. The van der Waals surface area contributed by atoms with Gasteiger partial charge < -0.3 is 5.11 Å². The predicted molar refractivity (Wildman–Crippen MR) is 27.8 cm³/mol. The molecule has 2 nitrogen and oxygen atoms in total. The maximum Gasteiger partial charge on any atom is 0.320 e. The van der Waals surface area contributed by atoms with Crippen molar-refractivity contribution in [1.82, 2.24) is 0 Å². The molecule has 0 radical (unpaired) electrons. The van der Waals surface area contributed by atoms with Crippen molar-refractivity contribution < 1.29 is 27.5 Å². The zero-order chi connectivity index (χ0) is 9.23. The summed E-state index contributed by atoms with van der Waals surface area (Å²) >= 11 is 0. The third-order valence-corrected chi connectivity index (χ3v) is 1.24. The lowest BCUT2D eigenvalue weighted by Gasteiger charge is -2.18. The first-order valence-corrected chi connectivity index (χ1v) is 2.69. The Balaban J connectivity index is 4.41. The molecule has 0 bridgehead atoms. The molecule has 0 saturated carbocycles. The van der Waals surface area contributed by atoms with E-state index in [9.17, 15) is 22.4 Å². The SMILES string of the molecule is CC(C(=O)O)C(F)(F)C(F)F. The second-order valence-electron chi connectivity index (χ2n) is 2.04. The summed E-state index contributed by atoms with van der Waals surface area (Å²) in [7, 11) is 0. The van der Waals surface area contributed by atoms with Gasteiger partial charge in [0.15, 0.2) is 0 Å². The Hall–Kier alpha value is -0.810. The molecule has 0 aliphatic heterocycles. The first kappa shape index (κ1) is 10.2. The van der Waals surface area contributed by atoms with E-state index >= 15 is 0 Å². The van der Waals surface area contributed by atoms with E-state index in [-0.39, 0.29) is 0 Å². The van der Waals surface area contributed by atoms with Crippen LogP contribution < -0.4 is 0 Å². The van der Waals surface area contributed by atoms with Gasteiger partial charge in [-0.15, -0.1) is 0 Å². The molecule has 6 heteroatoms. The maximum atomic E-state index is 12.1. The zero-order valence-corrected chi connectivity index (χ0v) is 5.52. The van der Waals surface area contributed by atoms with Crippen LogP contribution in [0.4, 0.5) is 17.6 Å². The smallest absolute Gasteiger partial charge is 0.320 e. The van der Waals surface area contributed by atoms with Crippen molar-refractivity contribution in [2.45, 2.75) is 19.3 Å². The van der Waals surface area contributed by atoms with E-state index in [1.54, 1.807) is 0 Å². The second kappa shape index (κ2) is 3.06. The molecule has 66 valence electrons. The Kier molecular flexibility index (Phi) is 2.84. The molecule has 0 rings (SSSR count). The number of carboxylic acid groups (broad SMARTS) is 1. The fraction of sp³-hybridized carbons (Fsp3) is 0.800. The Bertz CT molecular complexity index is 157. The maximum absolute atomic E-state index is 12.1. The Morgan fingerprint density at radius 3 is 1.91 bits per heavy atom. The number of rotatable bonds is 3. The van der Waals surface area contributed by atoms with Gasteiger partial charge in [-0.1, -0.05) is 0 Å². The van der Waals surface area contributed by atoms with Crippen molar-refractivity contribution >= 4 is 5.97 Å². The van der Waals surface area contributed by atoms with Crippen LogP contribution in [0.25, 0.3) is 0 Å². The van der Waals surface area contributed by atoms with Gasteiger partial charge in [-0.3, -0.25) is 4.79 Å². The minimum Gasteiger partial charge on any atom is -0.481 e. The summed E-state index contributed by atoms with van der Waals surface area (Å²) < 4.78 is 46.9. The predicted octanol–water partition coefficient (Wildman–Crippen LogP) is 1.61. The number of hydrogen-bond donors (Lipinski definition) is 1. The number of carbonyl (C=O) groups is 1. The topological polar surface area (TPSA) is 37.3 Å². The Labute approximate surface area is 59.8 Å². The molecule has 0 saturated heterocycles. The lowest BCUT2D eigenvalue weighted by Crippen LogP contribution is -2.38. The average Bonchev–Trinajstić information content (AvgIpc) is 1.85. The van der Waals surface area contributed by atoms with Crippen LogP contribution in [-0.4, -0.2) is 23.4 Å².